The zero-order valence-corrected chi connectivity index (χ0v) is 12.3. The number of hydrogen-bond donors (Lipinski definition) is 2. The maximum Gasteiger partial charge on any atom is 0.239 e. The van der Waals surface area contributed by atoms with Gasteiger partial charge in [-0.2, -0.15) is 11.8 Å². The lowest BCUT2D eigenvalue weighted by molar-refractivity contribution is -0.131. The lowest BCUT2D eigenvalue weighted by atomic mass is 10.0. The van der Waals surface area contributed by atoms with Gasteiger partial charge in [0.1, 0.15) is 0 Å². The normalized spacial score (nSPS) is 14.8. The van der Waals surface area contributed by atoms with Crippen LogP contribution in [0.5, 0.6) is 0 Å². The molecule has 0 saturated heterocycles. The van der Waals surface area contributed by atoms with Gasteiger partial charge in [-0.15, -0.1) is 0 Å². The Morgan fingerprint density at radius 1 is 1.29 bits per heavy atom. The summed E-state index contributed by atoms with van der Waals surface area (Å²) in [6, 6.07) is -0.226. The van der Waals surface area contributed by atoms with Gasteiger partial charge in [0, 0.05) is 19.6 Å². The molecule has 0 aliphatic carbocycles. The Morgan fingerprint density at radius 2 is 1.88 bits per heavy atom. The molecule has 0 bridgehead atoms. The smallest absolute Gasteiger partial charge is 0.239 e. The number of amides is 1. The van der Waals surface area contributed by atoms with Crippen molar-refractivity contribution >= 4 is 17.7 Å². The molecule has 102 valence electrons. The largest absolute Gasteiger partial charge is 0.344 e. The van der Waals surface area contributed by atoms with Crippen LogP contribution in [0.25, 0.3) is 0 Å². The molecule has 4 N–H and O–H groups in total. The molecule has 17 heavy (non-hydrogen) atoms. The Bertz CT molecular complexity index is 224. The van der Waals surface area contributed by atoms with Crippen LogP contribution in [0.4, 0.5) is 0 Å². The maximum atomic E-state index is 11.9. The number of nitrogens with two attached hydrogens (primary N) is 2. The fourth-order valence-electron chi connectivity index (χ4n) is 1.44. The quantitative estimate of drug-likeness (QED) is 0.681. The molecule has 0 aromatic carbocycles. The first-order valence-electron chi connectivity index (χ1n) is 6.15. The summed E-state index contributed by atoms with van der Waals surface area (Å²) in [6.07, 6.45) is 3.58. The van der Waals surface area contributed by atoms with Crippen LogP contribution >= 0.6 is 11.8 Å². The van der Waals surface area contributed by atoms with E-state index in [1.807, 2.05) is 6.26 Å². The van der Waals surface area contributed by atoms with Crippen molar-refractivity contribution in [2.24, 2.45) is 17.4 Å². The van der Waals surface area contributed by atoms with Crippen molar-refractivity contribution in [1.82, 2.24) is 4.90 Å². The number of rotatable bonds is 8. The van der Waals surface area contributed by atoms with E-state index in [0.717, 1.165) is 18.6 Å². The van der Waals surface area contributed by atoms with E-state index in [9.17, 15) is 4.79 Å². The third kappa shape index (κ3) is 6.91. The molecule has 0 aliphatic rings. The van der Waals surface area contributed by atoms with Gasteiger partial charge in [0.05, 0.1) is 6.04 Å². The second kappa shape index (κ2) is 8.78. The van der Waals surface area contributed by atoms with Gasteiger partial charge in [-0.1, -0.05) is 13.8 Å². The van der Waals surface area contributed by atoms with E-state index in [1.165, 1.54) is 0 Å². The van der Waals surface area contributed by atoms with Crippen LogP contribution in [0.2, 0.25) is 0 Å². The molecule has 0 rings (SSSR count). The van der Waals surface area contributed by atoms with Crippen molar-refractivity contribution in [3.63, 3.8) is 0 Å². The Labute approximate surface area is 109 Å². The molecule has 0 radical (unpaired) electrons. The topological polar surface area (TPSA) is 72.4 Å². The second-order valence-electron chi connectivity index (χ2n) is 4.84. The highest BCUT2D eigenvalue weighted by Crippen LogP contribution is 2.06. The van der Waals surface area contributed by atoms with Gasteiger partial charge >= 0.3 is 0 Å². The molecule has 2 atom stereocenters. The number of hydrogen-bond acceptors (Lipinski definition) is 4. The average molecular weight is 261 g/mol. The standard InChI is InChI=1S/C12H27N3OS/c1-9(2)10(13)5-7-15(3)12(16)11(14)6-8-17-4/h9-11H,5-8,13-14H2,1-4H3/t10?,11-/m0/s1. The molecule has 4 nitrogen and oxygen atoms in total. The molecule has 0 aromatic heterocycles. The van der Waals surface area contributed by atoms with E-state index in [-0.39, 0.29) is 18.0 Å². The summed E-state index contributed by atoms with van der Waals surface area (Å²) in [4.78, 5) is 13.6. The van der Waals surface area contributed by atoms with Crippen LogP contribution in [-0.2, 0) is 4.79 Å². The van der Waals surface area contributed by atoms with Crippen LogP contribution in [0.15, 0.2) is 0 Å². The Kier molecular flexibility index (Phi) is 8.64. The summed E-state index contributed by atoms with van der Waals surface area (Å²) in [5, 5.41) is 0. The molecule has 0 fully saturated rings. The molecular weight excluding hydrogens is 234 g/mol. The van der Waals surface area contributed by atoms with Crippen LogP contribution in [0.3, 0.4) is 0 Å². The van der Waals surface area contributed by atoms with Crippen LogP contribution in [-0.4, -0.2) is 48.5 Å². The molecule has 0 spiro atoms. The first-order valence-corrected chi connectivity index (χ1v) is 7.54. The first-order chi connectivity index (χ1) is 7.90. The van der Waals surface area contributed by atoms with Crippen LogP contribution in [0.1, 0.15) is 26.7 Å². The number of carbonyl (C=O) groups is 1. The molecule has 0 heterocycles. The molecule has 5 heteroatoms. The highest BCUT2D eigenvalue weighted by Gasteiger charge is 2.18. The Balaban J connectivity index is 3.96. The molecule has 1 amide bonds. The van der Waals surface area contributed by atoms with Gasteiger partial charge in [0.15, 0.2) is 0 Å². The van der Waals surface area contributed by atoms with E-state index < -0.39 is 0 Å². The van der Waals surface area contributed by atoms with E-state index in [4.69, 9.17) is 11.5 Å². The predicted octanol–water partition coefficient (Wildman–Crippen LogP) is 0.899. The summed E-state index contributed by atoms with van der Waals surface area (Å²) in [6.45, 7) is 4.87. The highest BCUT2D eigenvalue weighted by atomic mass is 32.2. The van der Waals surface area contributed by atoms with Crippen LogP contribution < -0.4 is 11.5 Å². The number of carbonyl (C=O) groups excluding carboxylic acids is 1. The summed E-state index contributed by atoms with van der Waals surface area (Å²) in [5.74, 6) is 1.39. The third-order valence-electron chi connectivity index (χ3n) is 2.98. The first kappa shape index (κ1) is 16.7. The van der Waals surface area contributed by atoms with Gasteiger partial charge in [-0.25, -0.2) is 0 Å². The van der Waals surface area contributed by atoms with E-state index in [1.54, 1.807) is 23.7 Å². The van der Waals surface area contributed by atoms with E-state index >= 15 is 0 Å². The Morgan fingerprint density at radius 3 is 2.35 bits per heavy atom. The fourth-order valence-corrected chi connectivity index (χ4v) is 1.93. The van der Waals surface area contributed by atoms with Crippen LogP contribution in [0, 0.1) is 5.92 Å². The van der Waals surface area contributed by atoms with Crippen molar-refractivity contribution in [3.05, 3.63) is 0 Å². The summed E-state index contributed by atoms with van der Waals surface area (Å²) in [5.41, 5.74) is 11.8. The maximum absolute atomic E-state index is 11.9. The highest BCUT2D eigenvalue weighted by molar-refractivity contribution is 7.98. The van der Waals surface area contributed by atoms with Gasteiger partial charge in [0.2, 0.25) is 5.91 Å². The zero-order valence-electron chi connectivity index (χ0n) is 11.5. The molecule has 0 saturated carbocycles. The predicted molar refractivity (Wildman–Crippen MR) is 76.0 cm³/mol. The minimum atomic E-state index is -0.372. The summed E-state index contributed by atoms with van der Waals surface area (Å²) in [7, 11) is 1.80. The summed E-state index contributed by atoms with van der Waals surface area (Å²) >= 11 is 1.71. The lowest BCUT2D eigenvalue weighted by Crippen LogP contribution is -2.43. The van der Waals surface area contributed by atoms with Gasteiger partial charge < -0.3 is 16.4 Å². The molecule has 1 unspecified atom stereocenters. The van der Waals surface area contributed by atoms with E-state index in [2.05, 4.69) is 13.8 Å². The minimum Gasteiger partial charge on any atom is -0.344 e. The monoisotopic (exact) mass is 261 g/mol. The van der Waals surface area contributed by atoms with Crippen molar-refractivity contribution in [2.45, 2.75) is 38.8 Å². The van der Waals surface area contributed by atoms with Crippen molar-refractivity contribution in [3.8, 4) is 0 Å². The number of likely N-dealkylation sites (N-methyl/N-ethyl adjacent to an activating group) is 1. The van der Waals surface area contributed by atoms with Gasteiger partial charge in [-0.3, -0.25) is 4.79 Å². The van der Waals surface area contributed by atoms with E-state index in [0.29, 0.717) is 12.5 Å². The number of nitrogens with zero attached hydrogens (tertiary/aromatic N) is 1. The fraction of sp³-hybridized carbons (Fsp3) is 0.917. The SMILES string of the molecule is CSCC[C@H](N)C(=O)N(C)CCC(N)C(C)C. The average Bonchev–Trinajstić information content (AvgIpc) is 2.31. The summed E-state index contributed by atoms with van der Waals surface area (Å²) < 4.78 is 0. The number of thioether (sulfide) groups is 1. The molecular formula is C12H27N3OS. The van der Waals surface area contributed by atoms with Gasteiger partial charge in [0.25, 0.3) is 0 Å². The second-order valence-corrected chi connectivity index (χ2v) is 5.83. The zero-order chi connectivity index (χ0) is 13.4. The van der Waals surface area contributed by atoms with Gasteiger partial charge in [-0.05, 0) is 30.8 Å². The molecule has 0 aromatic rings. The van der Waals surface area contributed by atoms with Crippen molar-refractivity contribution < 1.29 is 4.79 Å². The Hall–Kier alpha value is -0.260. The van der Waals surface area contributed by atoms with Crippen molar-refractivity contribution in [2.75, 3.05) is 25.6 Å². The lowest BCUT2D eigenvalue weighted by Gasteiger charge is -2.24. The third-order valence-corrected chi connectivity index (χ3v) is 3.62. The van der Waals surface area contributed by atoms with Crippen molar-refractivity contribution in [1.29, 1.82) is 0 Å². The minimum absolute atomic E-state index is 0.0232. The molecule has 0 aliphatic heterocycles.